The van der Waals surface area contributed by atoms with E-state index in [-0.39, 0.29) is 0 Å². The van der Waals surface area contributed by atoms with Gasteiger partial charge in [-0.2, -0.15) is 11.8 Å². The van der Waals surface area contributed by atoms with Crippen LogP contribution in [-0.2, 0) is 0 Å². The van der Waals surface area contributed by atoms with Crippen molar-refractivity contribution in [3.8, 4) is 0 Å². The molecule has 18 heavy (non-hydrogen) atoms. The molecule has 1 aliphatic rings. The van der Waals surface area contributed by atoms with E-state index in [0.29, 0.717) is 27.6 Å². The van der Waals surface area contributed by atoms with Crippen LogP contribution in [0.4, 0.5) is 11.6 Å². The third-order valence-corrected chi connectivity index (χ3v) is 4.66. The van der Waals surface area contributed by atoms with E-state index in [0.717, 1.165) is 13.1 Å². The first-order valence-corrected chi connectivity index (χ1v) is 8.03. The molecule has 0 amide bonds. The van der Waals surface area contributed by atoms with Gasteiger partial charge in [0.2, 0.25) is 0 Å². The largest absolute Gasteiger partial charge is 0.369 e. The number of thioether (sulfide) groups is 1. The van der Waals surface area contributed by atoms with E-state index < -0.39 is 0 Å². The van der Waals surface area contributed by atoms with E-state index in [1.807, 2.05) is 18.7 Å². The van der Waals surface area contributed by atoms with Gasteiger partial charge in [0.15, 0.2) is 0 Å². The Morgan fingerprint density at radius 1 is 1.33 bits per heavy atom. The number of halogens is 2. The number of nitrogens with zero attached hydrogens (tertiary/aromatic N) is 1. The summed E-state index contributed by atoms with van der Waals surface area (Å²) in [7, 11) is 0. The van der Waals surface area contributed by atoms with Gasteiger partial charge in [0.05, 0.1) is 10.0 Å². The van der Waals surface area contributed by atoms with Crippen LogP contribution in [-0.4, -0.2) is 29.6 Å². The van der Waals surface area contributed by atoms with Crippen LogP contribution in [0.3, 0.4) is 0 Å². The number of hydrogen-bond acceptors (Lipinski definition) is 4. The zero-order valence-corrected chi connectivity index (χ0v) is 12.6. The number of hydrogen-bond donors (Lipinski definition) is 2. The number of rotatable bonds is 5. The van der Waals surface area contributed by atoms with Gasteiger partial charge in [-0.3, -0.25) is 0 Å². The van der Waals surface area contributed by atoms with Crippen molar-refractivity contribution in [3.63, 3.8) is 0 Å². The predicted molar refractivity (Wildman–Crippen MR) is 82.3 cm³/mol. The normalized spacial score (nSPS) is 18.9. The maximum atomic E-state index is 6.14. The summed E-state index contributed by atoms with van der Waals surface area (Å²) < 4.78 is 0. The Labute approximate surface area is 122 Å². The molecule has 100 valence electrons. The SMILES string of the molecule is CCNc1nc(NCC2CCSC2)c(Cl)cc1Cl. The average molecular weight is 306 g/mol. The Morgan fingerprint density at radius 3 is 2.67 bits per heavy atom. The van der Waals surface area contributed by atoms with Crippen molar-refractivity contribution in [2.75, 3.05) is 35.2 Å². The van der Waals surface area contributed by atoms with Crippen LogP contribution in [0.2, 0.25) is 10.0 Å². The molecule has 0 bridgehead atoms. The minimum atomic E-state index is 0.559. The Bertz CT molecular complexity index is 409. The Hall–Kier alpha value is -0.320. The average Bonchev–Trinajstić information content (AvgIpc) is 2.84. The number of nitrogens with one attached hydrogen (secondary N) is 2. The molecule has 0 saturated carbocycles. The maximum Gasteiger partial charge on any atom is 0.147 e. The first-order valence-electron chi connectivity index (χ1n) is 6.12. The minimum absolute atomic E-state index is 0.559. The molecule has 0 radical (unpaired) electrons. The lowest BCUT2D eigenvalue weighted by Gasteiger charge is -2.14. The zero-order valence-electron chi connectivity index (χ0n) is 10.3. The maximum absolute atomic E-state index is 6.14. The molecule has 1 fully saturated rings. The summed E-state index contributed by atoms with van der Waals surface area (Å²) in [4.78, 5) is 4.43. The fraction of sp³-hybridized carbons (Fsp3) is 0.583. The zero-order chi connectivity index (χ0) is 13.0. The molecule has 1 saturated heterocycles. The summed E-state index contributed by atoms with van der Waals surface area (Å²) in [5.41, 5.74) is 0. The van der Waals surface area contributed by atoms with E-state index in [2.05, 4.69) is 15.6 Å². The second-order valence-electron chi connectivity index (χ2n) is 4.29. The number of anilines is 2. The number of pyridine rings is 1. The van der Waals surface area contributed by atoms with Crippen LogP contribution in [0.15, 0.2) is 6.07 Å². The molecule has 2 rings (SSSR count). The molecule has 0 spiro atoms. The molecule has 1 aromatic heterocycles. The van der Waals surface area contributed by atoms with Gasteiger partial charge in [-0.05, 0) is 36.8 Å². The van der Waals surface area contributed by atoms with Gasteiger partial charge in [-0.25, -0.2) is 4.98 Å². The van der Waals surface area contributed by atoms with Gasteiger partial charge in [0.25, 0.3) is 0 Å². The smallest absolute Gasteiger partial charge is 0.147 e. The van der Waals surface area contributed by atoms with E-state index >= 15 is 0 Å². The van der Waals surface area contributed by atoms with Crippen LogP contribution in [0.1, 0.15) is 13.3 Å². The fourth-order valence-electron chi connectivity index (χ4n) is 1.87. The lowest BCUT2D eigenvalue weighted by Crippen LogP contribution is -2.15. The first kappa shape index (κ1) is 14.1. The molecular formula is C12H17Cl2N3S. The van der Waals surface area contributed by atoms with Crippen molar-refractivity contribution in [1.29, 1.82) is 0 Å². The van der Waals surface area contributed by atoms with Crippen LogP contribution in [0.5, 0.6) is 0 Å². The summed E-state index contributed by atoms with van der Waals surface area (Å²) in [6.07, 6.45) is 1.27. The fourth-order valence-corrected chi connectivity index (χ4v) is 3.64. The van der Waals surface area contributed by atoms with Crippen molar-refractivity contribution in [3.05, 3.63) is 16.1 Å². The molecule has 2 N–H and O–H groups in total. The summed E-state index contributed by atoms with van der Waals surface area (Å²) in [6, 6.07) is 1.74. The Morgan fingerprint density at radius 2 is 2.06 bits per heavy atom. The van der Waals surface area contributed by atoms with Gasteiger partial charge >= 0.3 is 0 Å². The second-order valence-corrected chi connectivity index (χ2v) is 6.25. The highest BCUT2D eigenvalue weighted by Crippen LogP contribution is 2.30. The van der Waals surface area contributed by atoms with Crippen LogP contribution in [0.25, 0.3) is 0 Å². The van der Waals surface area contributed by atoms with E-state index in [1.54, 1.807) is 6.07 Å². The molecule has 1 aromatic rings. The monoisotopic (exact) mass is 305 g/mol. The molecular weight excluding hydrogens is 289 g/mol. The first-order chi connectivity index (χ1) is 8.70. The standard InChI is InChI=1S/C12H17Cl2N3S/c1-2-15-11-9(13)5-10(14)12(17-11)16-6-8-3-4-18-7-8/h5,8H,2-4,6-7H2,1H3,(H2,15,16,17). The van der Waals surface area contributed by atoms with Gasteiger partial charge < -0.3 is 10.6 Å². The van der Waals surface area contributed by atoms with E-state index in [9.17, 15) is 0 Å². The highest BCUT2D eigenvalue weighted by molar-refractivity contribution is 7.99. The van der Waals surface area contributed by atoms with Gasteiger partial charge in [-0.1, -0.05) is 23.2 Å². The van der Waals surface area contributed by atoms with Crippen LogP contribution in [0, 0.1) is 5.92 Å². The molecule has 3 nitrogen and oxygen atoms in total. The van der Waals surface area contributed by atoms with Crippen molar-refractivity contribution < 1.29 is 0 Å². The summed E-state index contributed by atoms with van der Waals surface area (Å²) >= 11 is 14.2. The van der Waals surface area contributed by atoms with Crippen molar-refractivity contribution in [1.82, 2.24) is 4.98 Å². The Kier molecular flexibility index (Phi) is 5.27. The van der Waals surface area contributed by atoms with Crippen molar-refractivity contribution in [2.45, 2.75) is 13.3 Å². The molecule has 0 aliphatic carbocycles. The number of aromatic nitrogens is 1. The summed E-state index contributed by atoms with van der Waals surface area (Å²) in [5, 5.41) is 7.59. The third-order valence-electron chi connectivity index (χ3n) is 2.86. The molecule has 1 atom stereocenters. The predicted octanol–water partition coefficient (Wildman–Crippen LogP) is 3.99. The topological polar surface area (TPSA) is 37.0 Å². The quantitative estimate of drug-likeness (QED) is 0.862. The molecule has 6 heteroatoms. The van der Waals surface area contributed by atoms with E-state index in [4.69, 9.17) is 23.2 Å². The molecule has 1 unspecified atom stereocenters. The van der Waals surface area contributed by atoms with Gasteiger partial charge in [0, 0.05) is 13.1 Å². The van der Waals surface area contributed by atoms with Crippen molar-refractivity contribution in [2.24, 2.45) is 5.92 Å². The highest BCUT2D eigenvalue weighted by atomic mass is 35.5. The van der Waals surface area contributed by atoms with Crippen LogP contribution < -0.4 is 10.6 Å². The van der Waals surface area contributed by atoms with Gasteiger partial charge in [0.1, 0.15) is 11.6 Å². The lowest BCUT2D eigenvalue weighted by atomic mass is 10.1. The molecule has 1 aliphatic heterocycles. The third kappa shape index (κ3) is 3.59. The lowest BCUT2D eigenvalue weighted by molar-refractivity contribution is 0.630. The summed E-state index contributed by atoms with van der Waals surface area (Å²) in [6.45, 7) is 3.72. The van der Waals surface area contributed by atoms with Gasteiger partial charge in [-0.15, -0.1) is 0 Å². The van der Waals surface area contributed by atoms with Crippen LogP contribution >= 0.6 is 35.0 Å². The minimum Gasteiger partial charge on any atom is -0.369 e. The Balaban J connectivity index is 2.03. The van der Waals surface area contributed by atoms with Crippen molar-refractivity contribution >= 4 is 46.6 Å². The second kappa shape index (κ2) is 6.73. The van der Waals surface area contributed by atoms with E-state index in [1.165, 1.54) is 17.9 Å². The molecule has 2 heterocycles. The highest BCUT2D eigenvalue weighted by Gasteiger charge is 2.16. The summed E-state index contributed by atoms with van der Waals surface area (Å²) in [5.74, 6) is 4.60. The molecule has 0 aromatic carbocycles.